The maximum Gasteiger partial charge on any atom is 0.0125 e. The number of benzene rings is 1. The maximum absolute atomic E-state index is 2.76. The quantitative estimate of drug-likeness (QED) is 0.667. The molecule has 0 spiro atoms. The lowest BCUT2D eigenvalue weighted by molar-refractivity contribution is 0.0839. The van der Waals surface area contributed by atoms with Gasteiger partial charge in [-0.25, -0.2) is 0 Å². The minimum atomic E-state index is 0.340. The van der Waals surface area contributed by atoms with Crippen molar-refractivity contribution >= 4 is 0 Å². The Hall–Kier alpha value is -0.820. The first kappa shape index (κ1) is 18.5. The summed E-state index contributed by atoms with van der Waals surface area (Å²) in [6.07, 6.45) is 7.10. The summed E-state index contributed by atoms with van der Waals surface area (Å²) < 4.78 is 0. The van der Waals surface area contributed by atoms with Crippen LogP contribution >= 0.6 is 0 Å². The van der Waals surface area contributed by atoms with E-state index in [0.29, 0.717) is 5.54 Å². The average Bonchev–Trinajstić information content (AvgIpc) is 2.82. The van der Waals surface area contributed by atoms with Gasteiger partial charge in [0.1, 0.15) is 0 Å². The van der Waals surface area contributed by atoms with Crippen LogP contribution in [0.2, 0.25) is 0 Å². The van der Waals surface area contributed by atoms with E-state index in [2.05, 4.69) is 56.0 Å². The minimum absolute atomic E-state index is 0.340. The van der Waals surface area contributed by atoms with Crippen molar-refractivity contribution in [3.63, 3.8) is 0 Å². The van der Waals surface area contributed by atoms with Crippen LogP contribution in [0, 0.1) is 17.8 Å². The molecule has 0 amide bonds. The van der Waals surface area contributed by atoms with Crippen molar-refractivity contribution in [1.82, 2.24) is 4.90 Å². The summed E-state index contributed by atoms with van der Waals surface area (Å²) in [5.74, 6) is 2.75. The van der Waals surface area contributed by atoms with E-state index in [9.17, 15) is 0 Å². The fraction of sp³-hybridized carbons (Fsp3) is 0.727. The minimum Gasteiger partial charge on any atom is -0.298 e. The van der Waals surface area contributed by atoms with Crippen LogP contribution in [0.3, 0.4) is 0 Å². The summed E-state index contributed by atoms with van der Waals surface area (Å²) in [5.41, 5.74) is 1.88. The third kappa shape index (κ3) is 5.35. The van der Waals surface area contributed by atoms with Gasteiger partial charge in [0.05, 0.1) is 0 Å². The van der Waals surface area contributed by atoms with Gasteiger partial charge in [0.2, 0.25) is 0 Å². The van der Waals surface area contributed by atoms with Crippen molar-refractivity contribution in [3.05, 3.63) is 35.9 Å². The van der Waals surface area contributed by atoms with Crippen LogP contribution in [0.4, 0.5) is 0 Å². The van der Waals surface area contributed by atoms with Crippen molar-refractivity contribution in [2.75, 3.05) is 13.1 Å². The molecule has 1 aliphatic carbocycles. The van der Waals surface area contributed by atoms with Crippen LogP contribution in [0.5, 0.6) is 0 Å². The molecule has 2 atom stereocenters. The van der Waals surface area contributed by atoms with Crippen LogP contribution in [-0.2, 0) is 6.42 Å². The number of nitrogens with zero attached hydrogens (tertiary/aromatic N) is 1. The fourth-order valence-electron chi connectivity index (χ4n) is 4.44. The Morgan fingerprint density at radius 3 is 1.91 bits per heavy atom. The van der Waals surface area contributed by atoms with E-state index in [-0.39, 0.29) is 0 Å². The SMILES string of the molecule is CC.CC(C)(C)N1CC2CCC(CC(Cc3ccccc3)C2)C1. The van der Waals surface area contributed by atoms with Gasteiger partial charge < -0.3 is 0 Å². The summed E-state index contributed by atoms with van der Waals surface area (Å²) >= 11 is 0. The number of hydrogen-bond acceptors (Lipinski definition) is 1. The zero-order valence-corrected chi connectivity index (χ0v) is 16.0. The summed E-state index contributed by atoms with van der Waals surface area (Å²) in [7, 11) is 0. The lowest BCUT2D eigenvalue weighted by Gasteiger charge is -2.40. The third-order valence-electron chi connectivity index (χ3n) is 5.59. The van der Waals surface area contributed by atoms with Crippen LogP contribution in [-0.4, -0.2) is 23.5 Å². The molecule has 1 nitrogen and oxygen atoms in total. The molecular weight excluding hydrogens is 278 g/mol. The second-order valence-corrected chi connectivity index (χ2v) is 8.41. The topological polar surface area (TPSA) is 3.24 Å². The molecule has 1 aromatic rings. The molecule has 130 valence electrons. The first-order valence-electron chi connectivity index (χ1n) is 9.79. The first-order chi connectivity index (χ1) is 11.0. The molecule has 0 radical (unpaired) electrons. The Labute approximate surface area is 144 Å². The number of rotatable bonds is 2. The van der Waals surface area contributed by atoms with Crippen LogP contribution < -0.4 is 0 Å². The van der Waals surface area contributed by atoms with Crippen LogP contribution in [0.1, 0.15) is 65.9 Å². The highest BCUT2D eigenvalue weighted by molar-refractivity contribution is 5.15. The Kier molecular flexibility index (Phi) is 6.71. The summed E-state index contributed by atoms with van der Waals surface area (Å²) in [5, 5.41) is 0. The van der Waals surface area contributed by atoms with E-state index in [1.54, 1.807) is 0 Å². The maximum atomic E-state index is 2.76. The molecule has 0 N–H and O–H groups in total. The Morgan fingerprint density at radius 2 is 1.43 bits per heavy atom. The number of fused-ring (bicyclic) bond motifs is 3. The van der Waals surface area contributed by atoms with E-state index in [1.165, 1.54) is 50.8 Å². The van der Waals surface area contributed by atoms with Gasteiger partial charge in [-0.2, -0.15) is 0 Å². The molecular formula is C22H37N. The lowest BCUT2D eigenvalue weighted by Crippen LogP contribution is -2.46. The predicted molar refractivity (Wildman–Crippen MR) is 102 cm³/mol. The molecule has 2 fully saturated rings. The van der Waals surface area contributed by atoms with Gasteiger partial charge >= 0.3 is 0 Å². The van der Waals surface area contributed by atoms with Crippen LogP contribution in [0.15, 0.2) is 30.3 Å². The zero-order valence-electron chi connectivity index (χ0n) is 16.0. The highest BCUT2D eigenvalue weighted by atomic mass is 15.2. The predicted octanol–water partition coefficient (Wildman–Crippen LogP) is 5.79. The summed E-state index contributed by atoms with van der Waals surface area (Å²) in [4.78, 5) is 2.76. The van der Waals surface area contributed by atoms with Gasteiger partial charge in [0.15, 0.2) is 0 Å². The second-order valence-electron chi connectivity index (χ2n) is 8.41. The fourth-order valence-corrected chi connectivity index (χ4v) is 4.44. The van der Waals surface area contributed by atoms with E-state index < -0.39 is 0 Å². The van der Waals surface area contributed by atoms with Gasteiger partial charge in [-0.15, -0.1) is 0 Å². The second kappa shape index (κ2) is 8.33. The summed E-state index contributed by atoms with van der Waals surface area (Å²) in [6.45, 7) is 13.8. The van der Waals surface area contributed by atoms with Gasteiger partial charge in [-0.1, -0.05) is 44.2 Å². The average molecular weight is 316 g/mol. The van der Waals surface area contributed by atoms with Gasteiger partial charge in [0, 0.05) is 18.6 Å². The summed E-state index contributed by atoms with van der Waals surface area (Å²) in [6, 6.07) is 11.1. The van der Waals surface area contributed by atoms with E-state index in [0.717, 1.165) is 17.8 Å². The smallest absolute Gasteiger partial charge is 0.0125 e. The molecule has 23 heavy (non-hydrogen) atoms. The monoisotopic (exact) mass is 315 g/mol. The lowest BCUT2D eigenvalue weighted by atomic mass is 9.84. The van der Waals surface area contributed by atoms with Crippen LogP contribution in [0.25, 0.3) is 0 Å². The van der Waals surface area contributed by atoms with Crippen molar-refractivity contribution in [1.29, 1.82) is 0 Å². The number of hydrogen-bond donors (Lipinski definition) is 0. The normalized spacial score (nSPS) is 28.5. The van der Waals surface area contributed by atoms with E-state index in [1.807, 2.05) is 13.8 Å². The molecule has 1 saturated carbocycles. The van der Waals surface area contributed by atoms with Crippen molar-refractivity contribution in [2.45, 2.75) is 72.3 Å². The Morgan fingerprint density at radius 1 is 0.913 bits per heavy atom. The van der Waals surface area contributed by atoms with Crippen molar-refractivity contribution in [2.24, 2.45) is 17.8 Å². The molecule has 3 rings (SSSR count). The van der Waals surface area contributed by atoms with Crippen molar-refractivity contribution < 1.29 is 0 Å². The highest BCUT2D eigenvalue weighted by Gasteiger charge is 2.35. The van der Waals surface area contributed by atoms with Gasteiger partial charge in [-0.05, 0) is 76.2 Å². The van der Waals surface area contributed by atoms with Gasteiger partial charge in [0.25, 0.3) is 0 Å². The molecule has 1 aromatic carbocycles. The molecule has 1 heteroatoms. The Bertz CT molecular complexity index is 429. The molecule has 0 aromatic heterocycles. The Balaban J connectivity index is 0.000000924. The third-order valence-corrected chi connectivity index (χ3v) is 5.59. The zero-order chi connectivity index (χ0) is 16.9. The van der Waals surface area contributed by atoms with Gasteiger partial charge in [-0.3, -0.25) is 4.90 Å². The molecule has 2 unspecified atom stereocenters. The molecule has 1 heterocycles. The van der Waals surface area contributed by atoms with Crippen molar-refractivity contribution in [3.8, 4) is 0 Å². The molecule has 1 aliphatic heterocycles. The largest absolute Gasteiger partial charge is 0.298 e. The highest BCUT2D eigenvalue weighted by Crippen LogP contribution is 2.38. The number of likely N-dealkylation sites (tertiary alicyclic amines) is 1. The molecule has 1 saturated heterocycles. The van der Waals surface area contributed by atoms with E-state index in [4.69, 9.17) is 0 Å². The molecule has 2 aliphatic rings. The van der Waals surface area contributed by atoms with E-state index >= 15 is 0 Å². The standard InChI is InChI=1S/C20H31N.C2H6/c1-20(2,3)21-14-17-9-10-18(15-21)13-19(12-17)11-16-7-5-4-6-8-16;1-2/h4-8,17-19H,9-15H2,1-3H3;1-2H3. The first-order valence-corrected chi connectivity index (χ1v) is 9.79. The molecule has 2 bridgehead atoms.